The molecule has 1 aliphatic heterocycles. The van der Waals surface area contributed by atoms with E-state index in [1.54, 1.807) is 6.07 Å². The maximum absolute atomic E-state index is 13.5. The molecule has 1 saturated heterocycles. The molecule has 1 aliphatic rings. The minimum atomic E-state index is -0.917. The summed E-state index contributed by atoms with van der Waals surface area (Å²) in [5.41, 5.74) is -0.0689. The minimum absolute atomic E-state index is 0.0689. The number of anilines is 1. The van der Waals surface area contributed by atoms with Gasteiger partial charge in [-0.3, -0.25) is 9.59 Å². The average molecular weight is 331 g/mol. The summed E-state index contributed by atoms with van der Waals surface area (Å²) < 4.78 is 13.9. The molecule has 1 fully saturated rings. The van der Waals surface area contributed by atoms with Gasteiger partial charge in [0.05, 0.1) is 11.8 Å². The summed E-state index contributed by atoms with van der Waals surface area (Å²) in [6.45, 7) is 0.455. The molecule has 0 radical (unpaired) electrons. The van der Waals surface area contributed by atoms with Crippen LogP contribution in [0.5, 0.6) is 0 Å². The smallest absolute Gasteiger partial charge is 0.314 e. The van der Waals surface area contributed by atoms with Crippen LogP contribution in [-0.2, 0) is 9.59 Å². The summed E-state index contributed by atoms with van der Waals surface area (Å²) in [4.78, 5) is 24.8. The Kier molecular flexibility index (Phi) is 4.16. The monoisotopic (exact) mass is 330 g/mol. The van der Waals surface area contributed by atoms with Crippen molar-refractivity contribution in [3.63, 3.8) is 0 Å². The Morgan fingerprint density at radius 1 is 1.47 bits per heavy atom. The molecule has 0 aromatic heterocycles. The summed E-state index contributed by atoms with van der Waals surface area (Å²) in [6, 6.07) is 4.22. The molecular weight excluding hydrogens is 319 g/mol. The number of aliphatic hydroxyl groups is 1. The normalized spacial score (nSPS) is 18.5. The molecule has 1 aromatic carbocycles. The number of likely N-dealkylation sites (tertiary alicyclic amines) is 1. The number of carbonyl (C=O) groups is 2. The summed E-state index contributed by atoms with van der Waals surface area (Å²) in [5, 5.41) is 11.6. The lowest BCUT2D eigenvalue weighted by Gasteiger charge is -2.15. The van der Waals surface area contributed by atoms with E-state index in [-0.39, 0.29) is 12.2 Å². The van der Waals surface area contributed by atoms with Gasteiger partial charge in [-0.15, -0.1) is 0 Å². The van der Waals surface area contributed by atoms with E-state index in [2.05, 4.69) is 21.2 Å². The van der Waals surface area contributed by atoms with Crippen LogP contribution in [0.1, 0.15) is 6.42 Å². The minimum Gasteiger partial charge on any atom is -0.391 e. The highest BCUT2D eigenvalue weighted by atomic mass is 79.9. The van der Waals surface area contributed by atoms with E-state index in [0.29, 0.717) is 17.4 Å². The number of halogens is 2. The van der Waals surface area contributed by atoms with E-state index >= 15 is 0 Å². The van der Waals surface area contributed by atoms with Gasteiger partial charge in [-0.05, 0) is 34.5 Å². The van der Waals surface area contributed by atoms with Crippen LogP contribution in [0.4, 0.5) is 10.1 Å². The second-order valence-electron chi connectivity index (χ2n) is 4.24. The van der Waals surface area contributed by atoms with Crippen molar-refractivity contribution < 1.29 is 19.1 Å². The first-order valence-electron chi connectivity index (χ1n) is 5.71. The summed E-state index contributed by atoms with van der Waals surface area (Å²) in [7, 11) is 0. The maximum atomic E-state index is 13.5. The van der Waals surface area contributed by atoms with E-state index in [1.165, 1.54) is 17.0 Å². The van der Waals surface area contributed by atoms with Crippen LogP contribution in [0.25, 0.3) is 0 Å². The van der Waals surface area contributed by atoms with Crippen LogP contribution in [0, 0.1) is 5.82 Å². The fourth-order valence-corrected chi connectivity index (χ4v) is 2.30. The first kappa shape index (κ1) is 14.0. The summed E-state index contributed by atoms with van der Waals surface area (Å²) in [5.74, 6) is -2.32. The molecule has 0 aliphatic carbocycles. The van der Waals surface area contributed by atoms with Crippen molar-refractivity contribution in [1.82, 2.24) is 4.90 Å². The molecule has 1 atom stereocenters. The number of carbonyl (C=O) groups excluding carboxylic acids is 2. The highest BCUT2D eigenvalue weighted by Gasteiger charge is 2.29. The number of β-amino-alcohol motifs (C(OH)–C–C–N with tert-alkyl or cyclic N) is 1. The number of hydrogen-bond acceptors (Lipinski definition) is 3. The number of hydrogen-bond donors (Lipinski definition) is 2. The van der Waals surface area contributed by atoms with Crippen LogP contribution in [0.3, 0.4) is 0 Å². The third-order valence-corrected chi connectivity index (χ3v) is 3.51. The quantitative estimate of drug-likeness (QED) is 0.758. The van der Waals surface area contributed by atoms with E-state index in [0.717, 1.165) is 0 Å². The molecule has 5 nitrogen and oxygen atoms in total. The van der Waals surface area contributed by atoms with Crippen molar-refractivity contribution in [2.45, 2.75) is 12.5 Å². The molecule has 0 bridgehead atoms. The van der Waals surface area contributed by atoms with Crippen LogP contribution < -0.4 is 5.32 Å². The standard InChI is InChI=1S/C12H12BrFN2O3/c13-8-2-1-3-9(14)10(8)15-11(18)12(19)16-5-4-7(17)6-16/h1-3,7,17H,4-6H2,(H,15,18)/t7-/m1/s1. The number of para-hydroxylation sites is 1. The van der Waals surface area contributed by atoms with Gasteiger partial charge in [-0.25, -0.2) is 4.39 Å². The van der Waals surface area contributed by atoms with Crippen molar-refractivity contribution in [1.29, 1.82) is 0 Å². The molecule has 1 heterocycles. The van der Waals surface area contributed by atoms with Gasteiger partial charge in [0.15, 0.2) is 0 Å². The fraction of sp³-hybridized carbons (Fsp3) is 0.333. The van der Waals surface area contributed by atoms with Gasteiger partial charge in [0.2, 0.25) is 0 Å². The summed E-state index contributed by atoms with van der Waals surface area (Å²) in [6.07, 6.45) is -0.153. The number of nitrogens with one attached hydrogen (secondary N) is 1. The molecule has 2 rings (SSSR count). The Bertz CT molecular complexity index is 503. The second kappa shape index (κ2) is 5.66. The third-order valence-electron chi connectivity index (χ3n) is 2.85. The Morgan fingerprint density at radius 2 is 2.21 bits per heavy atom. The summed E-state index contributed by atoms with van der Waals surface area (Å²) >= 11 is 3.10. The van der Waals surface area contributed by atoms with Crippen LogP contribution in [-0.4, -0.2) is 41.0 Å². The van der Waals surface area contributed by atoms with E-state index in [4.69, 9.17) is 0 Å². The predicted molar refractivity (Wildman–Crippen MR) is 69.9 cm³/mol. The maximum Gasteiger partial charge on any atom is 0.314 e. The van der Waals surface area contributed by atoms with E-state index < -0.39 is 23.7 Å². The molecule has 2 amide bonds. The molecule has 0 saturated carbocycles. The number of amides is 2. The van der Waals surface area contributed by atoms with Crippen LogP contribution in [0.15, 0.2) is 22.7 Å². The zero-order valence-corrected chi connectivity index (χ0v) is 11.5. The zero-order chi connectivity index (χ0) is 14.0. The van der Waals surface area contributed by atoms with Crippen molar-refractivity contribution in [2.75, 3.05) is 18.4 Å². The Hall–Kier alpha value is -1.47. The van der Waals surface area contributed by atoms with Gasteiger partial charge in [0, 0.05) is 17.6 Å². The topological polar surface area (TPSA) is 69.6 Å². The lowest BCUT2D eigenvalue weighted by Crippen LogP contribution is -2.38. The van der Waals surface area contributed by atoms with Gasteiger partial charge in [0.25, 0.3) is 0 Å². The largest absolute Gasteiger partial charge is 0.391 e. The molecule has 7 heteroatoms. The first-order valence-corrected chi connectivity index (χ1v) is 6.50. The van der Waals surface area contributed by atoms with Gasteiger partial charge < -0.3 is 15.3 Å². The van der Waals surface area contributed by atoms with Crippen molar-refractivity contribution in [3.8, 4) is 0 Å². The molecule has 0 unspecified atom stereocenters. The van der Waals surface area contributed by atoms with E-state index in [9.17, 15) is 19.1 Å². The lowest BCUT2D eigenvalue weighted by molar-refractivity contribution is -0.142. The van der Waals surface area contributed by atoms with Gasteiger partial charge in [-0.1, -0.05) is 6.07 Å². The van der Waals surface area contributed by atoms with Gasteiger partial charge in [-0.2, -0.15) is 0 Å². The Morgan fingerprint density at radius 3 is 2.79 bits per heavy atom. The van der Waals surface area contributed by atoms with Gasteiger partial charge in [0.1, 0.15) is 5.82 Å². The van der Waals surface area contributed by atoms with Crippen molar-refractivity contribution in [3.05, 3.63) is 28.5 Å². The fourth-order valence-electron chi connectivity index (χ4n) is 1.85. The first-order chi connectivity index (χ1) is 8.99. The molecule has 0 spiro atoms. The molecule has 1 aromatic rings. The molecular formula is C12H12BrFN2O3. The lowest BCUT2D eigenvalue weighted by atomic mass is 10.3. The predicted octanol–water partition coefficient (Wildman–Crippen LogP) is 1.12. The SMILES string of the molecule is O=C(Nc1c(F)cccc1Br)C(=O)N1CC[C@@H](O)C1. The average Bonchev–Trinajstić information content (AvgIpc) is 2.79. The van der Waals surface area contributed by atoms with Crippen LogP contribution >= 0.6 is 15.9 Å². The second-order valence-corrected chi connectivity index (χ2v) is 5.10. The van der Waals surface area contributed by atoms with Gasteiger partial charge >= 0.3 is 11.8 Å². The Balaban J connectivity index is 2.07. The highest BCUT2D eigenvalue weighted by Crippen LogP contribution is 2.25. The van der Waals surface area contributed by atoms with E-state index in [1.807, 2.05) is 0 Å². The molecule has 19 heavy (non-hydrogen) atoms. The highest BCUT2D eigenvalue weighted by molar-refractivity contribution is 9.10. The zero-order valence-electron chi connectivity index (χ0n) is 9.90. The number of nitrogens with zero attached hydrogens (tertiary/aromatic N) is 1. The molecule has 102 valence electrons. The molecule has 2 N–H and O–H groups in total. The number of rotatable bonds is 1. The Labute approximate surface area is 117 Å². The van der Waals surface area contributed by atoms with Crippen molar-refractivity contribution >= 4 is 33.4 Å². The van der Waals surface area contributed by atoms with Crippen LogP contribution in [0.2, 0.25) is 0 Å². The third kappa shape index (κ3) is 3.10. The van der Waals surface area contributed by atoms with Crippen molar-refractivity contribution in [2.24, 2.45) is 0 Å². The number of benzene rings is 1. The number of aliphatic hydroxyl groups excluding tert-OH is 1.